The van der Waals surface area contributed by atoms with Gasteiger partial charge < -0.3 is 9.47 Å². The minimum atomic E-state index is 0.0440. The monoisotopic (exact) mass is 389 g/mol. The van der Waals surface area contributed by atoms with Gasteiger partial charge in [0.25, 0.3) is 0 Å². The van der Waals surface area contributed by atoms with Crippen LogP contribution >= 0.6 is 0 Å². The van der Waals surface area contributed by atoms with Crippen LogP contribution in [0.4, 0.5) is 0 Å². The van der Waals surface area contributed by atoms with Crippen LogP contribution in [0.2, 0.25) is 0 Å². The van der Waals surface area contributed by atoms with Crippen molar-refractivity contribution in [3.63, 3.8) is 0 Å². The summed E-state index contributed by atoms with van der Waals surface area (Å²) in [6, 6.07) is 2.55. The number of unbranched alkanes of at least 4 members (excludes halogenated alkanes) is 8. The van der Waals surface area contributed by atoms with Crippen LogP contribution in [-0.4, -0.2) is 18.5 Å². The summed E-state index contributed by atoms with van der Waals surface area (Å²) in [5.74, 6) is 1.80. The zero-order valence-electron chi connectivity index (χ0n) is 18.2. The molecule has 28 heavy (non-hydrogen) atoms. The van der Waals surface area contributed by atoms with E-state index in [4.69, 9.17) is 9.47 Å². The lowest BCUT2D eigenvalue weighted by molar-refractivity contribution is -0.163. The number of hydrogen-bond donors (Lipinski definition) is 0. The Balaban J connectivity index is 1.20. The molecule has 2 heterocycles. The topological polar surface area (TPSA) is 42.2 Å². The van der Waals surface area contributed by atoms with E-state index in [9.17, 15) is 5.26 Å². The van der Waals surface area contributed by atoms with Gasteiger partial charge in [0, 0.05) is 5.92 Å². The molecule has 0 aromatic rings. The molecule has 5 atom stereocenters. The molecule has 3 aliphatic carbocycles. The smallest absolute Gasteiger partial charge is 0.158 e. The fraction of sp³-hybridized carbons (Fsp3) is 0.960. The van der Waals surface area contributed by atoms with Crippen molar-refractivity contribution in [3.05, 3.63) is 0 Å². The summed E-state index contributed by atoms with van der Waals surface area (Å²) < 4.78 is 12.6. The average Bonchev–Trinajstić information content (AvgIpc) is 2.97. The van der Waals surface area contributed by atoms with Gasteiger partial charge in [-0.25, -0.2) is 0 Å². The summed E-state index contributed by atoms with van der Waals surface area (Å²) in [6.07, 6.45) is 22.3. The molecule has 3 nitrogen and oxygen atoms in total. The normalized spacial score (nSPS) is 32.2. The third-order valence-electron chi connectivity index (χ3n) is 7.51. The van der Waals surface area contributed by atoms with Crippen LogP contribution < -0.4 is 0 Å². The van der Waals surface area contributed by atoms with Crippen molar-refractivity contribution in [2.45, 2.75) is 135 Å². The molecule has 0 aromatic carbocycles. The molecule has 0 N–H and O–H groups in total. The Morgan fingerprint density at radius 1 is 0.786 bits per heavy atom. The van der Waals surface area contributed by atoms with E-state index in [1.807, 2.05) is 0 Å². The van der Waals surface area contributed by atoms with Gasteiger partial charge in [-0.05, 0) is 63.2 Å². The summed E-state index contributed by atoms with van der Waals surface area (Å²) in [4.78, 5) is 0. The number of nitrogens with zero attached hydrogens (tertiary/aromatic N) is 1. The maximum absolute atomic E-state index is 9.42. The first-order valence-corrected chi connectivity index (χ1v) is 12.5. The Hall–Kier alpha value is -0.590. The standard InChI is InChI=1S/C25H43NO2/c1-2-3-4-5-6-7-9-12-20(19-26)13-10-8-11-14-25-27-23-18-22-16-15-21(23)17-24(22)28-25/h20-25H,2-18H2,1H3. The van der Waals surface area contributed by atoms with Crippen LogP contribution in [0, 0.1) is 29.1 Å². The van der Waals surface area contributed by atoms with E-state index in [1.165, 1.54) is 89.9 Å². The second-order valence-corrected chi connectivity index (χ2v) is 9.72. The number of fused-ring (bicyclic) bond motifs is 3. The van der Waals surface area contributed by atoms with Crippen molar-refractivity contribution in [1.82, 2.24) is 0 Å². The molecule has 3 heteroatoms. The first-order chi connectivity index (χ1) is 13.8. The van der Waals surface area contributed by atoms with E-state index in [1.54, 1.807) is 0 Å². The highest BCUT2D eigenvalue weighted by Crippen LogP contribution is 2.47. The van der Waals surface area contributed by atoms with E-state index >= 15 is 0 Å². The molecule has 0 spiro atoms. The van der Waals surface area contributed by atoms with Gasteiger partial charge >= 0.3 is 0 Å². The van der Waals surface area contributed by atoms with Crippen molar-refractivity contribution in [2.75, 3.05) is 0 Å². The number of ether oxygens (including phenoxy) is 2. The van der Waals surface area contributed by atoms with Gasteiger partial charge in [0.05, 0.1) is 18.3 Å². The highest BCUT2D eigenvalue weighted by Gasteiger charge is 2.47. The Kier molecular flexibility index (Phi) is 9.62. The minimum Gasteiger partial charge on any atom is -0.349 e. The summed E-state index contributed by atoms with van der Waals surface area (Å²) in [5, 5.41) is 9.42. The summed E-state index contributed by atoms with van der Waals surface area (Å²) in [7, 11) is 0. The molecule has 0 radical (unpaired) electrons. The van der Waals surface area contributed by atoms with Crippen LogP contribution in [-0.2, 0) is 9.47 Å². The molecular weight excluding hydrogens is 346 g/mol. The number of rotatable bonds is 14. The lowest BCUT2D eigenvalue weighted by Crippen LogP contribution is -2.42. The first kappa shape index (κ1) is 22.1. The first-order valence-electron chi connectivity index (χ1n) is 12.5. The van der Waals surface area contributed by atoms with Crippen molar-refractivity contribution < 1.29 is 9.47 Å². The molecule has 0 amide bonds. The van der Waals surface area contributed by atoms with E-state index < -0.39 is 0 Å². The van der Waals surface area contributed by atoms with Crippen LogP contribution in [0.5, 0.6) is 0 Å². The van der Waals surface area contributed by atoms with Crippen molar-refractivity contribution in [2.24, 2.45) is 17.8 Å². The number of hydrogen-bond acceptors (Lipinski definition) is 3. The fourth-order valence-electron chi connectivity index (χ4n) is 5.71. The molecule has 4 bridgehead atoms. The number of nitriles is 1. The van der Waals surface area contributed by atoms with E-state index in [-0.39, 0.29) is 12.2 Å². The molecule has 3 saturated carbocycles. The van der Waals surface area contributed by atoms with Gasteiger partial charge in [0.1, 0.15) is 0 Å². The molecule has 5 unspecified atom stereocenters. The zero-order chi connectivity index (χ0) is 19.6. The third kappa shape index (κ3) is 6.74. The molecular formula is C25H43NO2. The molecule has 5 fully saturated rings. The summed E-state index contributed by atoms with van der Waals surface area (Å²) >= 11 is 0. The Bertz CT molecular complexity index is 454. The lowest BCUT2D eigenvalue weighted by Gasteiger charge is -2.42. The average molecular weight is 390 g/mol. The Morgan fingerprint density at radius 2 is 1.32 bits per heavy atom. The highest BCUT2D eigenvalue weighted by molar-refractivity contribution is 4.95. The maximum atomic E-state index is 9.42. The quantitative estimate of drug-likeness (QED) is 0.296. The van der Waals surface area contributed by atoms with Gasteiger partial charge in [-0.1, -0.05) is 64.7 Å². The van der Waals surface area contributed by atoms with Gasteiger partial charge in [-0.2, -0.15) is 5.26 Å². The van der Waals surface area contributed by atoms with E-state index in [0.717, 1.165) is 31.1 Å². The minimum absolute atomic E-state index is 0.0440. The summed E-state index contributed by atoms with van der Waals surface area (Å²) in [5.41, 5.74) is 0. The van der Waals surface area contributed by atoms with Gasteiger partial charge in [0.15, 0.2) is 6.29 Å². The van der Waals surface area contributed by atoms with Crippen LogP contribution in [0.1, 0.15) is 116 Å². The van der Waals surface area contributed by atoms with Crippen molar-refractivity contribution >= 4 is 0 Å². The summed E-state index contributed by atoms with van der Waals surface area (Å²) in [6.45, 7) is 2.27. The predicted molar refractivity (Wildman–Crippen MR) is 114 cm³/mol. The molecule has 5 rings (SSSR count). The molecule has 2 aliphatic heterocycles. The second kappa shape index (κ2) is 12.2. The lowest BCUT2D eigenvalue weighted by atomic mass is 9.67. The van der Waals surface area contributed by atoms with E-state index in [2.05, 4.69) is 13.0 Å². The second-order valence-electron chi connectivity index (χ2n) is 9.72. The Labute approximate surface area is 173 Å². The molecule has 2 saturated heterocycles. The van der Waals surface area contributed by atoms with Gasteiger partial charge in [-0.15, -0.1) is 0 Å². The molecule has 160 valence electrons. The predicted octanol–water partition coefficient (Wildman–Crippen LogP) is 7.15. The third-order valence-corrected chi connectivity index (χ3v) is 7.51. The van der Waals surface area contributed by atoms with Gasteiger partial charge in [0.2, 0.25) is 0 Å². The fourth-order valence-corrected chi connectivity index (χ4v) is 5.71. The zero-order valence-corrected chi connectivity index (χ0v) is 18.2. The molecule has 5 aliphatic rings. The van der Waals surface area contributed by atoms with E-state index in [0.29, 0.717) is 12.2 Å². The Morgan fingerprint density at radius 3 is 1.86 bits per heavy atom. The largest absolute Gasteiger partial charge is 0.349 e. The van der Waals surface area contributed by atoms with Crippen molar-refractivity contribution in [1.29, 1.82) is 5.26 Å². The van der Waals surface area contributed by atoms with Crippen LogP contribution in [0.3, 0.4) is 0 Å². The van der Waals surface area contributed by atoms with Gasteiger partial charge in [-0.3, -0.25) is 0 Å². The van der Waals surface area contributed by atoms with Crippen molar-refractivity contribution in [3.8, 4) is 6.07 Å². The maximum Gasteiger partial charge on any atom is 0.158 e. The SMILES string of the molecule is CCCCCCCCCC(C#N)CCCCCC1OC2CC3CCC2CC3O1. The van der Waals surface area contributed by atoms with Crippen LogP contribution in [0.25, 0.3) is 0 Å². The highest BCUT2D eigenvalue weighted by atomic mass is 16.7. The van der Waals surface area contributed by atoms with Crippen LogP contribution in [0.15, 0.2) is 0 Å². The molecule has 0 aromatic heterocycles.